The highest BCUT2D eigenvalue weighted by Crippen LogP contribution is 2.55. The molecule has 0 heterocycles. The molecule has 4 heteroatoms. The topological polar surface area (TPSA) is 17.1 Å². The van der Waals surface area contributed by atoms with E-state index in [-0.39, 0.29) is 30.6 Å². The summed E-state index contributed by atoms with van der Waals surface area (Å²) in [6, 6.07) is 31.5. The van der Waals surface area contributed by atoms with E-state index in [1.54, 1.807) is 6.92 Å². The van der Waals surface area contributed by atoms with Crippen molar-refractivity contribution in [3.63, 3.8) is 0 Å². The molecule has 0 aliphatic rings. The molecule has 0 aliphatic heterocycles. The number of hydrogen-bond donors (Lipinski definition) is 0. The number of hydrogen-bond acceptors (Lipinski definition) is 1. The van der Waals surface area contributed by atoms with Gasteiger partial charge in [-0.15, -0.1) is 24.8 Å². The van der Waals surface area contributed by atoms with Gasteiger partial charge in [0, 0.05) is 0 Å². The fraction of sp³-hybridized carbons (Fsp3) is 0.0952. The molecule has 0 fully saturated rings. The number of Topliss-reactive ketones (excluding diaryl/α,β-unsaturated/α-hetero) is 1. The molecule has 25 heavy (non-hydrogen) atoms. The third-order valence-corrected chi connectivity index (χ3v) is 8.51. The van der Waals surface area contributed by atoms with Gasteiger partial charge in [-0.3, -0.25) is 4.79 Å². The SMILES string of the molecule is CC(=O)C[P+](c1ccccc1)(c1ccccc1)c1ccccc1.Cl.Cl. The van der Waals surface area contributed by atoms with Crippen LogP contribution in [0.5, 0.6) is 0 Å². The maximum atomic E-state index is 12.2. The van der Waals surface area contributed by atoms with Gasteiger partial charge in [-0.1, -0.05) is 54.6 Å². The zero-order chi connectivity index (χ0) is 16.1. The summed E-state index contributed by atoms with van der Waals surface area (Å²) in [6.07, 6.45) is 0.561. The van der Waals surface area contributed by atoms with E-state index in [1.165, 1.54) is 15.9 Å². The van der Waals surface area contributed by atoms with Crippen LogP contribution >= 0.6 is 32.1 Å². The molecular formula is C21H22Cl2OP+. The predicted molar refractivity (Wildman–Crippen MR) is 115 cm³/mol. The van der Waals surface area contributed by atoms with Gasteiger partial charge in [0.2, 0.25) is 0 Å². The summed E-state index contributed by atoms with van der Waals surface area (Å²) in [4.78, 5) is 12.2. The van der Waals surface area contributed by atoms with Crippen LogP contribution in [0.1, 0.15) is 6.92 Å². The monoisotopic (exact) mass is 391 g/mol. The van der Waals surface area contributed by atoms with Gasteiger partial charge in [-0.25, -0.2) is 0 Å². The quantitative estimate of drug-likeness (QED) is 0.588. The van der Waals surface area contributed by atoms with Crippen molar-refractivity contribution in [1.82, 2.24) is 0 Å². The molecule has 130 valence electrons. The van der Waals surface area contributed by atoms with Gasteiger partial charge < -0.3 is 0 Å². The van der Waals surface area contributed by atoms with E-state index in [4.69, 9.17) is 0 Å². The van der Waals surface area contributed by atoms with Crippen LogP contribution < -0.4 is 15.9 Å². The van der Waals surface area contributed by atoms with Gasteiger partial charge in [0.05, 0.1) is 0 Å². The summed E-state index contributed by atoms with van der Waals surface area (Å²) in [7, 11) is -1.96. The molecule has 0 spiro atoms. The first-order chi connectivity index (χ1) is 11.2. The zero-order valence-corrected chi connectivity index (χ0v) is 16.6. The van der Waals surface area contributed by atoms with E-state index >= 15 is 0 Å². The molecule has 0 atom stereocenters. The fourth-order valence-corrected chi connectivity index (χ4v) is 7.26. The Morgan fingerprint density at radius 2 is 0.920 bits per heavy atom. The summed E-state index contributed by atoms with van der Waals surface area (Å²) in [6.45, 7) is 1.70. The molecule has 3 rings (SSSR count). The lowest BCUT2D eigenvalue weighted by Gasteiger charge is -2.26. The fourth-order valence-electron chi connectivity index (χ4n) is 3.10. The molecule has 0 radical (unpaired) electrons. The minimum absolute atomic E-state index is 0. The lowest BCUT2D eigenvalue weighted by molar-refractivity contribution is -0.114. The highest BCUT2D eigenvalue weighted by molar-refractivity contribution is 7.96. The maximum absolute atomic E-state index is 12.2. The molecule has 0 amide bonds. The third-order valence-electron chi connectivity index (χ3n) is 4.05. The number of rotatable bonds is 5. The molecule has 0 aliphatic carbocycles. The zero-order valence-electron chi connectivity index (χ0n) is 14.0. The standard InChI is InChI=1S/C21H20OP.2ClH/c1-18(22)17-23(19-11-5-2-6-12-19,20-13-7-3-8-14-20)21-15-9-4-10-16-21;;/h2-16H,17H2,1H3;2*1H/q+1;;. The first kappa shape index (κ1) is 21.4. The van der Waals surface area contributed by atoms with Crippen molar-refractivity contribution in [3.8, 4) is 0 Å². The van der Waals surface area contributed by atoms with Crippen molar-refractivity contribution in [3.05, 3.63) is 91.0 Å². The molecule has 0 unspecified atom stereocenters. The smallest absolute Gasteiger partial charge is 0.168 e. The second-order valence-corrected chi connectivity index (χ2v) is 9.16. The molecule has 3 aromatic carbocycles. The molecule has 0 saturated heterocycles. The van der Waals surface area contributed by atoms with Crippen LogP contribution in [0, 0.1) is 0 Å². The number of halogens is 2. The van der Waals surface area contributed by atoms with Crippen LogP contribution in [0.15, 0.2) is 91.0 Å². The number of carbonyl (C=O) groups is 1. The van der Waals surface area contributed by atoms with Crippen LogP contribution in [0.3, 0.4) is 0 Å². The predicted octanol–water partition coefficient (Wildman–Crippen LogP) is 4.41. The summed E-state index contributed by atoms with van der Waals surface area (Å²) < 4.78 is 0. The third kappa shape index (κ3) is 4.50. The van der Waals surface area contributed by atoms with Gasteiger partial charge >= 0.3 is 0 Å². The van der Waals surface area contributed by atoms with Crippen molar-refractivity contribution < 1.29 is 4.79 Å². The number of carbonyl (C=O) groups excluding carboxylic acids is 1. The summed E-state index contributed by atoms with van der Waals surface area (Å²) in [5.41, 5.74) is 0. The number of benzene rings is 3. The Morgan fingerprint density at radius 3 is 1.16 bits per heavy atom. The Balaban J connectivity index is 0.00000156. The summed E-state index contributed by atoms with van der Waals surface area (Å²) >= 11 is 0. The van der Waals surface area contributed by atoms with E-state index in [9.17, 15) is 4.79 Å². The minimum Gasteiger partial charge on any atom is -0.296 e. The molecule has 0 aromatic heterocycles. The van der Waals surface area contributed by atoms with E-state index < -0.39 is 7.26 Å². The van der Waals surface area contributed by atoms with Gasteiger partial charge in [-0.05, 0) is 43.3 Å². The number of ketones is 1. The van der Waals surface area contributed by atoms with Crippen molar-refractivity contribution in [1.29, 1.82) is 0 Å². The first-order valence-electron chi connectivity index (χ1n) is 7.78. The lowest BCUT2D eigenvalue weighted by Crippen LogP contribution is -2.35. The van der Waals surface area contributed by atoms with Gasteiger partial charge in [0.15, 0.2) is 5.78 Å². The molecule has 3 aromatic rings. The van der Waals surface area contributed by atoms with E-state index in [1.807, 2.05) is 18.2 Å². The van der Waals surface area contributed by atoms with Crippen LogP contribution in [0.25, 0.3) is 0 Å². The molecule has 1 nitrogen and oxygen atoms in total. The highest BCUT2D eigenvalue weighted by atomic mass is 35.5. The molecule has 0 N–H and O–H groups in total. The second-order valence-electron chi connectivity index (χ2n) is 5.68. The van der Waals surface area contributed by atoms with Crippen LogP contribution in [0.2, 0.25) is 0 Å². The van der Waals surface area contributed by atoms with Gasteiger partial charge in [0.25, 0.3) is 0 Å². The highest BCUT2D eigenvalue weighted by Gasteiger charge is 2.46. The van der Waals surface area contributed by atoms with Crippen molar-refractivity contribution in [2.75, 3.05) is 6.16 Å². The Hall–Kier alpha value is -1.66. The second kappa shape index (κ2) is 9.73. The van der Waals surface area contributed by atoms with E-state index in [2.05, 4.69) is 72.8 Å². The molecule has 0 saturated carbocycles. The van der Waals surface area contributed by atoms with E-state index in [0.29, 0.717) is 6.16 Å². The van der Waals surface area contributed by atoms with Crippen LogP contribution in [0.4, 0.5) is 0 Å². The Kier molecular flexibility index (Phi) is 8.32. The van der Waals surface area contributed by atoms with Crippen molar-refractivity contribution in [2.45, 2.75) is 6.92 Å². The minimum atomic E-state index is -1.96. The Labute approximate surface area is 162 Å². The van der Waals surface area contributed by atoms with Crippen LogP contribution in [-0.4, -0.2) is 11.9 Å². The largest absolute Gasteiger partial charge is 0.296 e. The average molecular weight is 392 g/mol. The summed E-state index contributed by atoms with van der Waals surface area (Å²) in [5.74, 6) is 0.231. The van der Waals surface area contributed by atoms with Gasteiger partial charge in [-0.2, -0.15) is 0 Å². The first-order valence-corrected chi connectivity index (χ1v) is 9.75. The normalized spacial score (nSPS) is 10.3. The maximum Gasteiger partial charge on any atom is 0.168 e. The average Bonchev–Trinajstić information content (AvgIpc) is 2.62. The Morgan fingerprint density at radius 1 is 0.640 bits per heavy atom. The van der Waals surface area contributed by atoms with Crippen LogP contribution in [-0.2, 0) is 4.79 Å². The van der Waals surface area contributed by atoms with Gasteiger partial charge in [0.1, 0.15) is 29.3 Å². The lowest BCUT2D eigenvalue weighted by atomic mass is 10.4. The molecular weight excluding hydrogens is 370 g/mol. The Bertz CT molecular complexity index is 680. The van der Waals surface area contributed by atoms with Crippen molar-refractivity contribution >= 4 is 53.8 Å². The molecule has 0 bridgehead atoms. The van der Waals surface area contributed by atoms with Crippen molar-refractivity contribution in [2.24, 2.45) is 0 Å². The van der Waals surface area contributed by atoms with E-state index in [0.717, 1.165) is 0 Å². The summed E-state index contributed by atoms with van der Waals surface area (Å²) in [5, 5.41) is 3.77.